The van der Waals surface area contributed by atoms with Crippen LogP contribution in [0.2, 0.25) is 0 Å². The van der Waals surface area contributed by atoms with Crippen molar-refractivity contribution in [3.05, 3.63) is 36.1 Å². The van der Waals surface area contributed by atoms with Gasteiger partial charge in [-0.25, -0.2) is 13.2 Å². The zero-order valence-corrected chi connectivity index (χ0v) is 14.0. The largest absolute Gasteiger partial charge is 0.464 e. The highest BCUT2D eigenvalue weighted by atomic mass is 32.2. The lowest BCUT2D eigenvalue weighted by Gasteiger charge is -2.37. The van der Waals surface area contributed by atoms with Gasteiger partial charge in [-0.3, -0.25) is 0 Å². The highest BCUT2D eigenvalue weighted by molar-refractivity contribution is 7.92. The molecule has 1 fully saturated rings. The fourth-order valence-corrected chi connectivity index (χ4v) is 4.47. The number of benzene rings is 1. The van der Waals surface area contributed by atoms with E-state index in [9.17, 15) is 13.2 Å². The number of rotatable bonds is 2. The molecule has 3 rings (SSSR count). The molecule has 124 valence electrons. The summed E-state index contributed by atoms with van der Waals surface area (Å²) in [6.07, 6.45) is 1.64. The molecule has 1 aliphatic rings. The molecule has 0 spiro atoms. The maximum absolute atomic E-state index is 12.4. The molecule has 0 bridgehead atoms. The summed E-state index contributed by atoms with van der Waals surface area (Å²) in [5, 5.41) is 3.28. The third kappa shape index (κ3) is 2.93. The Morgan fingerprint density at radius 3 is 2.87 bits per heavy atom. The minimum atomic E-state index is -3.10. The summed E-state index contributed by atoms with van der Waals surface area (Å²) in [7, 11) is -3.10. The maximum atomic E-state index is 12.4. The molecule has 2 heterocycles. The quantitative estimate of drug-likeness (QED) is 0.911. The number of urea groups is 1. The molecule has 1 N–H and O–H groups in total. The number of carbonyl (C=O) groups is 1. The van der Waals surface area contributed by atoms with Crippen molar-refractivity contribution in [1.82, 2.24) is 10.2 Å². The van der Waals surface area contributed by atoms with Crippen LogP contribution in [0.5, 0.6) is 0 Å². The van der Waals surface area contributed by atoms with Gasteiger partial charge >= 0.3 is 6.03 Å². The number of nitrogens with one attached hydrogen (secondary N) is 1. The highest BCUT2D eigenvalue weighted by Gasteiger charge is 2.37. The summed E-state index contributed by atoms with van der Waals surface area (Å²) in [5.74, 6) is 0.0145. The lowest BCUT2D eigenvalue weighted by Crippen LogP contribution is -2.56. The van der Waals surface area contributed by atoms with Crippen molar-refractivity contribution in [2.24, 2.45) is 0 Å². The second-order valence-electron chi connectivity index (χ2n) is 5.92. The second-order valence-corrected chi connectivity index (χ2v) is 8.40. The number of amides is 2. The molecule has 1 aromatic carbocycles. The second kappa shape index (κ2) is 5.88. The van der Waals surface area contributed by atoms with Gasteiger partial charge in [-0.1, -0.05) is 18.2 Å². The summed E-state index contributed by atoms with van der Waals surface area (Å²) in [5.41, 5.74) is 1.68. The van der Waals surface area contributed by atoms with Crippen molar-refractivity contribution in [1.29, 1.82) is 0 Å². The Balaban J connectivity index is 1.68. The summed E-state index contributed by atoms with van der Waals surface area (Å²) in [4.78, 5) is 14.0. The normalized spacial score (nSPS) is 23.8. The first-order valence-corrected chi connectivity index (χ1v) is 9.33. The average molecular weight is 336 g/mol. The van der Waals surface area contributed by atoms with Crippen molar-refractivity contribution in [2.75, 3.05) is 12.3 Å². The number of fused-ring (bicyclic) bond motifs is 1. The van der Waals surface area contributed by atoms with Gasteiger partial charge in [-0.05, 0) is 19.9 Å². The van der Waals surface area contributed by atoms with Gasteiger partial charge in [0.15, 0.2) is 9.84 Å². The standard InChI is InChI=1S/C16H20N2O4S/c1-11-12(2)23(20,21)8-7-18(11)16(19)17-9-13-10-22-15-6-4-3-5-14(13)15/h3-6,10-12H,7-9H2,1-2H3,(H,17,19)/t11-,12+/m1/s1. The Morgan fingerprint density at radius 2 is 2.09 bits per heavy atom. The topological polar surface area (TPSA) is 79.6 Å². The summed E-state index contributed by atoms with van der Waals surface area (Å²) in [6, 6.07) is 7.05. The van der Waals surface area contributed by atoms with Crippen LogP contribution < -0.4 is 5.32 Å². The monoisotopic (exact) mass is 336 g/mol. The first-order chi connectivity index (χ1) is 10.9. The van der Waals surface area contributed by atoms with E-state index in [1.54, 1.807) is 25.0 Å². The number of hydrogen-bond acceptors (Lipinski definition) is 4. The van der Waals surface area contributed by atoms with Crippen molar-refractivity contribution in [2.45, 2.75) is 31.7 Å². The van der Waals surface area contributed by atoms with Gasteiger partial charge in [-0.15, -0.1) is 0 Å². The summed E-state index contributed by atoms with van der Waals surface area (Å²) in [6.45, 7) is 4.00. The molecule has 23 heavy (non-hydrogen) atoms. The molecule has 0 saturated carbocycles. The number of sulfone groups is 1. The van der Waals surface area contributed by atoms with Crippen LogP contribution in [0.25, 0.3) is 11.0 Å². The van der Waals surface area contributed by atoms with Gasteiger partial charge in [0.05, 0.1) is 17.3 Å². The van der Waals surface area contributed by atoms with Crippen molar-refractivity contribution in [3.63, 3.8) is 0 Å². The van der Waals surface area contributed by atoms with Crippen LogP contribution >= 0.6 is 0 Å². The first-order valence-electron chi connectivity index (χ1n) is 7.61. The molecule has 1 aliphatic heterocycles. The Labute approximate surface area is 135 Å². The fourth-order valence-electron chi connectivity index (χ4n) is 2.90. The molecule has 2 amide bonds. The SMILES string of the molecule is C[C@@H]1[C@H](C)S(=O)(=O)CCN1C(=O)NCc1coc2ccccc12. The molecule has 2 atom stereocenters. The van der Waals surface area contributed by atoms with Gasteiger partial charge < -0.3 is 14.6 Å². The molecule has 1 saturated heterocycles. The number of para-hydroxylation sites is 1. The van der Waals surface area contributed by atoms with E-state index in [4.69, 9.17) is 4.42 Å². The van der Waals surface area contributed by atoms with Crippen LogP contribution in [0.4, 0.5) is 4.79 Å². The number of furan rings is 1. The van der Waals surface area contributed by atoms with E-state index >= 15 is 0 Å². The molecule has 6 nitrogen and oxygen atoms in total. The number of hydrogen-bond donors (Lipinski definition) is 1. The van der Waals surface area contributed by atoms with Gasteiger partial charge in [0.2, 0.25) is 0 Å². The third-order valence-corrected chi connectivity index (χ3v) is 6.88. The van der Waals surface area contributed by atoms with Crippen molar-refractivity contribution in [3.8, 4) is 0 Å². The van der Waals surface area contributed by atoms with Gasteiger partial charge in [0, 0.05) is 30.1 Å². The molecule has 0 aliphatic carbocycles. The van der Waals surface area contributed by atoms with Crippen molar-refractivity contribution >= 4 is 26.8 Å². The molecule has 0 unspecified atom stereocenters. The van der Waals surface area contributed by atoms with E-state index in [-0.39, 0.29) is 24.4 Å². The van der Waals surface area contributed by atoms with Gasteiger partial charge in [0.1, 0.15) is 5.58 Å². The Bertz CT molecular complexity index is 827. The first kappa shape index (κ1) is 15.9. The zero-order valence-electron chi connectivity index (χ0n) is 13.2. The van der Waals surface area contributed by atoms with E-state index in [2.05, 4.69) is 5.32 Å². The van der Waals surface area contributed by atoms with Crippen LogP contribution in [0.3, 0.4) is 0 Å². The third-order valence-electron chi connectivity index (χ3n) is 4.61. The van der Waals surface area contributed by atoms with Crippen molar-refractivity contribution < 1.29 is 17.6 Å². The lowest BCUT2D eigenvalue weighted by atomic mass is 10.2. The highest BCUT2D eigenvalue weighted by Crippen LogP contribution is 2.22. The molecule has 0 radical (unpaired) electrons. The predicted octanol–water partition coefficient (Wildman–Crippen LogP) is 2.15. The number of nitrogens with zero attached hydrogens (tertiary/aromatic N) is 1. The van der Waals surface area contributed by atoms with E-state index in [0.717, 1.165) is 16.5 Å². The van der Waals surface area contributed by atoms with E-state index in [1.165, 1.54) is 0 Å². The smallest absolute Gasteiger partial charge is 0.317 e. The Kier molecular flexibility index (Phi) is 4.06. The Morgan fingerprint density at radius 1 is 1.35 bits per heavy atom. The van der Waals surface area contributed by atoms with Crippen LogP contribution in [0, 0.1) is 0 Å². The molecule has 2 aromatic rings. The van der Waals surface area contributed by atoms with Crippen LogP contribution in [0.15, 0.2) is 34.9 Å². The van der Waals surface area contributed by atoms with E-state index in [0.29, 0.717) is 6.54 Å². The molecule has 7 heteroatoms. The van der Waals surface area contributed by atoms with E-state index in [1.807, 2.05) is 24.3 Å². The van der Waals surface area contributed by atoms with Crippen LogP contribution in [0.1, 0.15) is 19.4 Å². The molecule has 1 aromatic heterocycles. The van der Waals surface area contributed by atoms with Crippen LogP contribution in [-0.4, -0.2) is 42.9 Å². The van der Waals surface area contributed by atoms with Crippen LogP contribution in [-0.2, 0) is 16.4 Å². The summed E-state index contributed by atoms with van der Waals surface area (Å²) >= 11 is 0. The lowest BCUT2D eigenvalue weighted by molar-refractivity contribution is 0.177. The minimum Gasteiger partial charge on any atom is -0.464 e. The maximum Gasteiger partial charge on any atom is 0.317 e. The summed E-state index contributed by atoms with van der Waals surface area (Å²) < 4.78 is 29.2. The van der Waals surface area contributed by atoms with E-state index < -0.39 is 15.1 Å². The van der Waals surface area contributed by atoms with Gasteiger partial charge in [-0.2, -0.15) is 0 Å². The Hall–Kier alpha value is -2.02. The molecular weight excluding hydrogens is 316 g/mol. The fraction of sp³-hybridized carbons (Fsp3) is 0.438. The number of carbonyl (C=O) groups excluding carboxylic acids is 1. The minimum absolute atomic E-state index is 0.0145. The zero-order chi connectivity index (χ0) is 16.6. The van der Waals surface area contributed by atoms with Gasteiger partial charge in [0.25, 0.3) is 0 Å². The molecular formula is C16H20N2O4S. The average Bonchev–Trinajstić information content (AvgIpc) is 2.94. The predicted molar refractivity (Wildman–Crippen MR) is 87.9 cm³/mol.